The summed E-state index contributed by atoms with van der Waals surface area (Å²) >= 11 is 0. The summed E-state index contributed by atoms with van der Waals surface area (Å²) in [4.78, 5) is 0. The van der Waals surface area contributed by atoms with Crippen molar-refractivity contribution < 1.29 is 26.3 Å². The van der Waals surface area contributed by atoms with Crippen LogP contribution in [0.4, 0.5) is 13.2 Å². The number of alkyl halides is 3. The molecule has 1 aromatic rings. The maximum Gasteiger partial charge on any atom is 0.411 e. The van der Waals surface area contributed by atoms with E-state index in [2.05, 4.69) is 14.9 Å². The van der Waals surface area contributed by atoms with Gasteiger partial charge in [0.05, 0.1) is 0 Å². The zero-order valence-electron chi connectivity index (χ0n) is 10.7. The van der Waals surface area contributed by atoms with Gasteiger partial charge in [-0.05, 0) is 5.92 Å². The SMILES string of the molecule is CC(C)Cn1c(COCC(F)(F)F)nnc1S(=O)(=O)Cl. The van der Waals surface area contributed by atoms with Gasteiger partial charge in [0, 0.05) is 17.2 Å². The first kappa shape index (κ1) is 17.2. The smallest absolute Gasteiger partial charge is 0.364 e. The number of hydrogen-bond donors (Lipinski definition) is 0. The molecule has 1 rings (SSSR count). The second-order valence-corrected chi connectivity index (χ2v) is 6.91. The molecule has 0 unspecified atom stereocenters. The van der Waals surface area contributed by atoms with Crippen LogP contribution in [0.2, 0.25) is 0 Å². The van der Waals surface area contributed by atoms with Crippen molar-refractivity contribution in [3.05, 3.63) is 5.82 Å². The summed E-state index contributed by atoms with van der Waals surface area (Å²) in [6.07, 6.45) is -4.47. The minimum Gasteiger partial charge on any atom is -0.364 e. The number of halogens is 4. The van der Waals surface area contributed by atoms with Crippen LogP contribution in [0.25, 0.3) is 0 Å². The van der Waals surface area contributed by atoms with Crippen molar-refractivity contribution in [3.8, 4) is 0 Å². The first-order valence-electron chi connectivity index (χ1n) is 5.52. The summed E-state index contributed by atoms with van der Waals surface area (Å²) in [6.45, 7) is 1.82. The van der Waals surface area contributed by atoms with Gasteiger partial charge in [0.2, 0.25) is 0 Å². The van der Waals surface area contributed by atoms with Crippen molar-refractivity contribution in [2.45, 2.75) is 38.3 Å². The van der Waals surface area contributed by atoms with Crippen LogP contribution in [0.5, 0.6) is 0 Å². The van der Waals surface area contributed by atoms with Gasteiger partial charge in [0.1, 0.15) is 13.2 Å². The summed E-state index contributed by atoms with van der Waals surface area (Å²) in [5, 5.41) is 6.40. The van der Waals surface area contributed by atoms with Crippen molar-refractivity contribution in [1.29, 1.82) is 0 Å². The molecule has 0 radical (unpaired) electrons. The Morgan fingerprint density at radius 2 is 1.95 bits per heavy atom. The maximum atomic E-state index is 12.0. The van der Waals surface area contributed by atoms with Crippen LogP contribution in [0, 0.1) is 5.92 Å². The normalized spacial score (nSPS) is 13.2. The van der Waals surface area contributed by atoms with E-state index < -0.39 is 33.6 Å². The Hall–Kier alpha value is -0.870. The molecule has 0 saturated carbocycles. The number of nitrogens with zero attached hydrogens (tertiary/aromatic N) is 3. The summed E-state index contributed by atoms with van der Waals surface area (Å²) in [6, 6.07) is 0. The zero-order valence-corrected chi connectivity index (χ0v) is 12.3. The molecule has 11 heteroatoms. The van der Waals surface area contributed by atoms with Gasteiger partial charge in [0.15, 0.2) is 5.82 Å². The highest BCUT2D eigenvalue weighted by Crippen LogP contribution is 2.18. The lowest BCUT2D eigenvalue weighted by Crippen LogP contribution is -2.19. The third-order valence-electron chi connectivity index (χ3n) is 2.06. The standard InChI is InChI=1S/C9H13ClF3N3O3S/c1-6(2)3-16-7(4-19-5-9(11,12)13)14-15-8(16)20(10,17)18/h6H,3-5H2,1-2H3. The van der Waals surface area contributed by atoms with E-state index >= 15 is 0 Å². The molecule has 6 nitrogen and oxygen atoms in total. The molecule has 0 saturated heterocycles. The Labute approximate surface area is 118 Å². The van der Waals surface area contributed by atoms with Crippen molar-refractivity contribution in [2.24, 2.45) is 5.92 Å². The van der Waals surface area contributed by atoms with Gasteiger partial charge in [-0.25, -0.2) is 8.42 Å². The molecule has 0 fully saturated rings. The van der Waals surface area contributed by atoms with E-state index in [-0.39, 0.29) is 18.3 Å². The zero-order chi connectivity index (χ0) is 15.6. The molecule has 0 N–H and O–H groups in total. The van der Waals surface area contributed by atoms with Gasteiger partial charge in [0.25, 0.3) is 14.2 Å². The first-order valence-corrected chi connectivity index (χ1v) is 7.83. The summed E-state index contributed by atoms with van der Waals surface area (Å²) in [7, 11) is 1.07. The van der Waals surface area contributed by atoms with Gasteiger partial charge in [-0.1, -0.05) is 13.8 Å². The lowest BCUT2D eigenvalue weighted by molar-refractivity contribution is -0.177. The molecule has 0 atom stereocenters. The fourth-order valence-electron chi connectivity index (χ4n) is 1.41. The summed E-state index contributed by atoms with van der Waals surface area (Å²) < 4.78 is 64.1. The molecule has 1 heterocycles. The number of hydrogen-bond acceptors (Lipinski definition) is 5. The Morgan fingerprint density at radius 1 is 1.35 bits per heavy atom. The number of aromatic nitrogens is 3. The van der Waals surface area contributed by atoms with Crippen LogP contribution in [-0.4, -0.2) is 36.0 Å². The molecule has 0 spiro atoms. The van der Waals surface area contributed by atoms with Crippen LogP contribution < -0.4 is 0 Å². The van der Waals surface area contributed by atoms with E-state index in [9.17, 15) is 21.6 Å². The minimum atomic E-state index is -4.47. The molecule has 1 aromatic heterocycles. The molecule has 0 aromatic carbocycles. The second kappa shape index (κ2) is 6.27. The van der Waals surface area contributed by atoms with Crippen LogP contribution in [-0.2, 0) is 26.9 Å². The second-order valence-electron chi connectivity index (χ2n) is 4.45. The highest BCUT2D eigenvalue weighted by Gasteiger charge is 2.28. The molecule has 0 aliphatic heterocycles. The van der Waals surface area contributed by atoms with E-state index in [4.69, 9.17) is 10.7 Å². The molecule has 0 amide bonds. The average Bonchev–Trinajstić information content (AvgIpc) is 2.58. The van der Waals surface area contributed by atoms with Crippen LogP contribution in [0.1, 0.15) is 19.7 Å². The van der Waals surface area contributed by atoms with Crippen LogP contribution in [0.3, 0.4) is 0 Å². The molecular formula is C9H13ClF3N3O3S. The van der Waals surface area contributed by atoms with Gasteiger partial charge >= 0.3 is 6.18 Å². The summed E-state index contributed by atoms with van der Waals surface area (Å²) in [5.41, 5.74) is 0. The Bertz CT molecular complexity index is 557. The molecular weight excluding hydrogens is 323 g/mol. The predicted molar refractivity (Wildman–Crippen MR) is 63.6 cm³/mol. The van der Waals surface area contributed by atoms with Crippen molar-refractivity contribution >= 4 is 19.7 Å². The molecule has 0 aliphatic rings. The highest BCUT2D eigenvalue weighted by atomic mass is 35.7. The quantitative estimate of drug-likeness (QED) is 0.743. The van der Waals surface area contributed by atoms with Crippen LogP contribution >= 0.6 is 10.7 Å². The van der Waals surface area contributed by atoms with Gasteiger partial charge in [-0.3, -0.25) is 4.57 Å². The topological polar surface area (TPSA) is 74.1 Å². The molecule has 0 aliphatic carbocycles. The van der Waals surface area contributed by atoms with Crippen LogP contribution in [0.15, 0.2) is 5.16 Å². The summed E-state index contributed by atoms with van der Waals surface area (Å²) in [5.74, 6) is -0.00768. The lowest BCUT2D eigenvalue weighted by Gasteiger charge is -2.12. The van der Waals surface area contributed by atoms with E-state index in [0.717, 1.165) is 4.57 Å². The minimum absolute atomic E-state index is 0.0181. The molecule has 20 heavy (non-hydrogen) atoms. The van der Waals surface area contributed by atoms with Crippen molar-refractivity contribution in [1.82, 2.24) is 14.8 Å². The van der Waals surface area contributed by atoms with E-state index in [1.54, 1.807) is 13.8 Å². The third-order valence-corrected chi connectivity index (χ3v) is 3.21. The van der Waals surface area contributed by atoms with Gasteiger partial charge in [-0.15, -0.1) is 10.2 Å². The number of ether oxygens (including phenoxy) is 1. The predicted octanol–water partition coefficient (Wildman–Crippen LogP) is 1.94. The maximum absolute atomic E-state index is 12.0. The molecule has 0 bridgehead atoms. The highest BCUT2D eigenvalue weighted by molar-refractivity contribution is 8.13. The fourth-order valence-corrected chi connectivity index (χ4v) is 2.34. The lowest BCUT2D eigenvalue weighted by atomic mass is 10.2. The average molecular weight is 336 g/mol. The van der Waals surface area contributed by atoms with E-state index in [1.807, 2.05) is 0 Å². The van der Waals surface area contributed by atoms with E-state index in [1.165, 1.54) is 0 Å². The first-order chi connectivity index (χ1) is 9.00. The third kappa shape index (κ3) is 5.25. The Morgan fingerprint density at radius 3 is 2.40 bits per heavy atom. The van der Waals surface area contributed by atoms with Gasteiger partial charge < -0.3 is 4.74 Å². The Kier molecular flexibility index (Phi) is 5.39. The van der Waals surface area contributed by atoms with E-state index in [0.29, 0.717) is 0 Å². The number of rotatable bonds is 6. The fraction of sp³-hybridized carbons (Fsp3) is 0.778. The molecule has 116 valence electrons. The monoisotopic (exact) mass is 335 g/mol. The van der Waals surface area contributed by atoms with Crippen molar-refractivity contribution in [3.63, 3.8) is 0 Å². The Balaban J connectivity index is 2.93. The van der Waals surface area contributed by atoms with Crippen molar-refractivity contribution in [2.75, 3.05) is 6.61 Å². The van der Waals surface area contributed by atoms with Gasteiger partial charge in [-0.2, -0.15) is 13.2 Å². The largest absolute Gasteiger partial charge is 0.411 e.